The Hall–Kier alpha value is -3.07. The zero-order valence-corrected chi connectivity index (χ0v) is 16.9. The van der Waals surface area contributed by atoms with E-state index in [1.807, 2.05) is 10.7 Å². The molecule has 1 aliphatic carbocycles. The van der Waals surface area contributed by atoms with E-state index in [9.17, 15) is 14.0 Å². The van der Waals surface area contributed by atoms with E-state index in [0.29, 0.717) is 27.7 Å². The van der Waals surface area contributed by atoms with Crippen LogP contribution in [0, 0.1) is 11.9 Å². The monoisotopic (exact) mass is 428 g/mol. The molecule has 1 saturated heterocycles. The summed E-state index contributed by atoms with van der Waals surface area (Å²) >= 11 is 6.54. The molecule has 2 aliphatic rings. The first kappa shape index (κ1) is 18.9. The fourth-order valence-electron chi connectivity index (χ4n) is 3.63. The number of halogens is 2. The van der Waals surface area contributed by atoms with Crippen LogP contribution < -0.4 is 0 Å². The summed E-state index contributed by atoms with van der Waals surface area (Å²) in [7, 11) is 1.42. The van der Waals surface area contributed by atoms with Crippen molar-refractivity contribution in [1.82, 2.24) is 29.8 Å². The molecule has 0 bridgehead atoms. The molecule has 0 atom stereocenters. The van der Waals surface area contributed by atoms with Crippen LogP contribution in [0.4, 0.5) is 9.18 Å². The average Bonchev–Trinajstić information content (AvgIpc) is 3.40. The van der Waals surface area contributed by atoms with Crippen LogP contribution in [0.5, 0.6) is 0 Å². The first-order chi connectivity index (χ1) is 14.4. The zero-order valence-electron chi connectivity index (χ0n) is 16.2. The van der Waals surface area contributed by atoms with Gasteiger partial charge in [0.2, 0.25) is 11.9 Å². The van der Waals surface area contributed by atoms with Crippen molar-refractivity contribution in [1.29, 1.82) is 0 Å². The van der Waals surface area contributed by atoms with Gasteiger partial charge < -0.3 is 4.90 Å². The van der Waals surface area contributed by atoms with Crippen molar-refractivity contribution >= 4 is 34.6 Å². The van der Waals surface area contributed by atoms with Gasteiger partial charge in [0.25, 0.3) is 0 Å². The Balaban J connectivity index is 1.43. The maximum absolute atomic E-state index is 14.8. The van der Waals surface area contributed by atoms with Crippen LogP contribution in [-0.2, 0) is 17.9 Å². The van der Waals surface area contributed by atoms with Gasteiger partial charge in [0.1, 0.15) is 12.1 Å². The lowest BCUT2D eigenvalue weighted by Gasteiger charge is -2.14. The lowest BCUT2D eigenvalue weighted by atomic mass is 10.1. The van der Waals surface area contributed by atoms with Crippen LogP contribution in [0.1, 0.15) is 18.5 Å². The second-order valence-electron chi connectivity index (χ2n) is 7.74. The van der Waals surface area contributed by atoms with Gasteiger partial charge in [0, 0.05) is 24.7 Å². The molecule has 3 aromatic rings. The number of aromatic nitrogens is 4. The number of imide groups is 1. The molecule has 154 valence electrons. The summed E-state index contributed by atoms with van der Waals surface area (Å²) in [4.78, 5) is 30.0. The number of pyridine rings is 1. The number of hydrogen-bond donors (Lipinski definition) is 0. The Morgan fingerprint density at radius 2 is 1.93 bits per heavy atom. The predicted molar refractivity (Wildman–Crippen MR) is 107 cm³/mol. The molecule has 0 N–H and O–H groups in total. The maximum atomic E-state index is 14.8. The van der Waals surface area contributed by atoms with Crippen molar-refractivity contribution in [2.75, 3.05) is 13.6 Å². The molecule has 2 aromatic heterocycles. The van der Waals surface area contributed by atoms with Crippen LogP contribution >= 0.6 is 11.6 Å². The van der Waals surface area contributed by atoms with E-state index in [4.69, 9.17) is 11.6 Å². The lowest BCUT2D eigenvalue weighted by molar-refractivity contribution is -0.124. The van der Waals surface area contributed by atoms with Gasteiger partial charge in [0.05, 0.1) is 22.8 Å². The van der Waals surface area contributed by atoms with Crippen LogP contribution in [0.25, 0.3) is 22.2 Å². The highest BCUT2D eigenvalue weighted by molar-refractivity contribution is 6.37. The van der Waals surface area contributed by atoms with E-state index in [1.54, 1.807) is 18.2 Å². The van der Waals surface area contributed by atoms with Gasteiger partial charge >= 0.3 is 6.03 Å². The molecular weight excluding hydrogens is 411 g/mol. The molecule has 0 unspecified atom stereocenters. The summed E-state index contributed by atoms with van der Waals surface area (Å²) in [5.74, 6) is -0.363. The summed E-state index contributed by atoms with van der Waals surface area (Å²) in [6.45, 7) is 0.817. The smallest absolute Gasteiger partial charge is 0.309 e. The summed E-state index contributed by atoms with van der Waals surface area (Å²) in [5.41, 5.74) is 2.42. The van der Waals surface area contributed by atoms with Crippen LogP contribution in [0.15, 0.2) is 24.3 Å². The molecule has 2 fully saturated rings. The van der Waals surface area contributed by atoms with Gasteiger partial charge in [-0.25, -0.2) is 14.5 Å². The van der Waals surface area contributed by atoms with Crippen LogP contribution in [-0.4, -0.2) is 55.3 Å². The predicted octanol–water partition coefficient (Wildman–Crippen LogP) is 3.09. The van der Waals surface area contributed by atoms with Crippen molar-refractivity contribution < 1.29 is 14.0 Å². The minimum Gasteiger partial charge on any atom is -0.309 e. The standard InChI is InChI=1S/C20H18ClFN6O2/c1-26-16(29)10-27(20(26)30)9-12-4-5-14(19(22)23-12)13-6-7-15-18(17(13)21)24-25-28(15)8-11-2-3-11/h4-7,11H,2-3,8-10H2,1H3. The molecule has 0 spiro atoms. The lowest BCUT2D eigenvalue weighted by Crippen LogP contribution is -2.29. The van der Waals surface area contributed by atoms with Crippen LogP contribution in [0.2, 0.25) is 5.02 Å². The number of carbonyl (C=O) groups is 2. The Bertz CT molecular complexity index is 1190. The van der Waals surface area contributed by atoms with Crippen molar-refractivity contribution in [2.45, 2.75) is 25.9 Å². The Morgan fingerprint density at radius 3 is 2.60 bits per heavy atom. The normalized spacial score (nSPS) is 16.9. The van der Waals surface area contributed by atoms with E-state index >= 15 is 0 Å². The van der Waals surface area contributed by atoms with Crippen LogP contribution in [0.3, 0.4) is 0 Å². The van der Waals surface area contributed by atoms with E-state index < -0.39 is 12.0 Å². The van der Waals surface area contributed by atoms with Gasteiger partial charge in [-0.15, -0.1) is 5.10 Å². The van der Waals surface area contributed by atoms with E-state index in [0.717, 1.165) is 17.0 Å². The van der Waals surface area contributed by atoms with E-state index in [-0.39, 0.29) is 24.6 Å². The van der Waals surface area contributed by atoms with Gasteiger partial charge in [-0.05, 0) is 37.0 Å². The second-order valence-corrected chi connectivity index (χ2v) is 8.12. The van der Waals surface area contributed by atoms with E-state index in [1.165, 1.54) is 24.8 Å². The number of rotatable bonds is 5. The Kier molecular flexibility index (Phi) is 4.43. The zero-order chi connectivity index (χ0) is 21.0. The van der Waals surface area contributed by atoms with Crippen molar-refractivity contribution in [3.8, 4) is 11.1 Å². The second kappa shape index (κ2) is 7.02. The first-order valence-corrected chi connectivity index (χ1v) is 10.0. The minimum absolute atomic E-state index is 0.0423. The molecule has 1 aromatic carbocycles. The first-order valence-electron chi connectivity index (χ1n) is 9.65. The number of fused-ring (bicyclic) bond motifs is 1. The van der Waals surface area contributed by atoms with E-state index in [2.05, 4.69) is 15.3 Å². The minimum atomic E-state index is -0.703. The largest absolute Gasteiger partial charge is 0.327 e. The third kappa shape index (κ3) is 3.19. The highest BCUT2D eigenvalue weighted by Crippen LogP contribution is 2.36. The highest BCUT2D eigenvalue weighted by atomic mass is 35.5. The molecule has 3 heterocycles. The third-order valence-electron chi connectivity index (χ3n) is 5.56. The summed E-state index contributed by atoms with van der Waals surface area (Å²) < 4.78 is 16.7. The average molecular weight is 429 g/mol. The SMILES string of the molecule is CN1C(=O)CN(Cc2ccc(-c3ccc4c(nnn4CC4CC4)c3Cl)c(F)n2)C1=O. The molecule has 5 rings (SSSR count). The fraction of sp³-hybridized carbons (Fsp3) is 0.350. The van der Waals surface area contributed by atoms with Crippen molar-refractivity contribution in [3.63, 3.8) is 0 Å². The molecule has 10 heteroatoms. The number of hydrogen-bond acceptors (Lipinski definition) is 5. The summed E-state index contributed by atoms with van der Waals surface area (Å²) in [6.07, 6.45) is 2.40. The van der Waals surface area contributed by atoms with Crippen molar-refractivity contribution in [2.24, 2.45) is 5.92 Å². The number of nitrogens with zero attached hydrogens (tertiary/aromatic N) is 6. The topological polar surface area (TPSA) is 84.2 Å². The van der Waals surface area contributed by atoms with Gasteiger partial charge in [-0.2, -0.15) is 4.39 Å². The number of likely N-dealkylation sites (N-methyl/N-ethyl adjacent to an activating group) is 1. The molecule has 1 saturated carbocycles. The van der Waals surface area contributed by atoms with Gasteiger partial charge in [-0.1, -0.05) is 22.9 Å². The fourth-order valence-corrected chi connectivity index (χ4v) is 3.93. The number of amides is 3. The maximum Gasteiger partial charge on any atom is 0.327 e. The quantitative estimate of drug-likeness (QED) is 0.460. The number of benzene rings is 1. The molecule has 3 amide bonds. The summed E-state index contributed by atoms with van der Waals surface area (Å²) in [6, 6.07) is 6.37. The number of carbonyl (C=O) groups excluding carboxylic acids is 2. The number of urea groups is 1. The molecule has 0 radical (unpaired) electrons. The Labute approximate surface area is 176 Å². The summed E-state index contributed by atoms with van der Waals surface area (Å²) in [5, 5.41) is 8.69. The molecule has 30 heavy (non-hydrogen) atoms. The molecular formula is C20H18ClFN6O2. The molecule has 1 aliphatic heterocycles. The third-order valence-corrected chi connectivity index (χ3v) is 5.94. The Morgan fingerprint density at radius 1 is 1.17 bits per heavy atom. The van der Waals surface area contributed by atoms with Gasteiger partial charge in [-0.3, -0.25) is 9.69 Å². The highest BCUT2D eigenvalue weighted by Gasteiger charge is 2.33. The van der Waals surface area contributed by atoms with Crippen molar-refractivity contribution in [3.05, 3.63) is 40.9 Å². The molecule has 8 nitrogen and oxygen atoms in total. The van der Waals surface area contributed by atoms with Gasteiger partial charge in [0.15, 0.2) is 0 Å².